The Hall–Kier alpha value is -3.77. The lowest BCUT2D eigenvalue weighted by Crippen LogP contribution is -2.00. The zero-order valence-corrected chi connectivity index (χ0v) is 18.5. The number of hydrogen-bond acceptors (Lipinski definition) is 3. The van der Waals surface area contributed by atoms with E-state index in [2.05, 4.69) is 45.9 Å². The van der Waals surface area contributed by atoms with Crippen molar-refractivity contribution in [3.05, 3.63) is 76.4 Å². The lowest BCUT2D eigenvalue weighted by atomic mass is 10.0. The van der Waals surface area contributed by atoms with Gasteiger partial charge in [-0.2, -0.15) is 4.98 Å². The molecule has 0 fully saturated rings. The van der Waals surface area contributed by atoms with E-state index in [4.69, 9.17) is 16.3 Å². The van der Waals surface area contributed by atoms with Crippen LogP contribution in [0.4, 0.5) is 0 Å². The number of carbonyl (C=O) groups is 1. The van der Waals surface area contributed by atoms with Crippen molar-refractivity contribution in [2.24, 2.45) is 7.05 Å². The number of imidazole rings is 1. The molecule has 32 heavy (non-hydrogen) atoms. The average molecular weight is 446 g/mol. The lowest BCUT2D eigenvalue weighted by molar-refractivity contribution is 0.0695. The predicted octanol–water partition coefficient (Wildman–Crippen LogP) is 6.48. The summed E-state index contributed by atoms with van der Waals surface area (Å²) in [7, 11) is 2.03. The number of aromatic nitrogens is 3. The maximum Gasteiger partial charge on any atom is 0.336 e. The third-order valence-corrected chi connectivity index (χ3v) is 6.02. The molecule has 7 heteroatoms. The molecule has 0 aliphatic carbocycles. The summed E-state index contributed by atoms with van der Waals surface area (Å²) >= 11 is 6.62. The van der Waals surface area contributed by atoms with E-state index in [9.17, 15) is 9.90 Å². The zero-order chi connectivity index (χ0) is 22.6. The van der Waals surface area contributed by atoms with Crippen molar-refractivity contribution in [2.75, 3.05) is 0 Å². The average Bonchev–Trinajstić information content (AvgIpc) is 3.27. The summed E-state index contributed by atoms with van der Waals surface area (Å²) in [4.78, 5) is 19.0. The van der Waals surface area contributed by atoms with Gasteiger partial charge in [-0.1, -0.05) is 23.7 Å². The Morgan fingerprint density at radius 1 is 1.09 bits per heavy atom. The second kappa shape index (κ2) is 7.43. The third kappa shape index (κ3) is 3.39. The van der Waals surface area contributed by atoms with Crippen LogP contribution in [0.2, 0.25) is 5.02 Å². The van der Waals surface area contributed by atoms with Crippen LogP contribution in [0.15, 0.2) is 54.7 Å². The lowest BCUT2D eigenvalue weighted by Gasteiger charge is -2.06. The molecular weight excluding hydrogens is 426 g/mol. The smallest absolute Gasteiger partial charge is 0.336 e. The van der Waals surface area contributed by atoms with E-state index < -0.39 is 5.97 Å². The number of rotatable bonds is 4. The number of halogens is 1. The summed E-state index contributed by atoms with van der Waals surface area (Å²) in [5.74, 6) is -0.608. The molecule has 0 spiro atoms. The van der Waals surface area contributed by atoms with Crippen LogP contribution in [0.25, 0.3) is 33.1 Å². The Morgan fingerprint density at radius 2 is 1.91 bits per heavy atom. The number of carboxylic acids is 1. The molecule has 0 radical (unpaired) electrons. The summed E-state index contributed by atoms with van der Waals surface area (Å²) in [6, 6.07) is 15.2. The van der Waals surface area contributed by atoms with Gasteiger partial charge in [0.15, 0.2) is 0 Å². The number of H-pyrrole nitrogens is 1. The molecule has 0 aliphatic heterocycles. The van der Waals surface area contributed by atoms with Crippen molar-refractivity contribution in [3.8, 4) is 22.9 Å². The van der Waals surface area contributed by atoms with Crippen LogP contribution in [-0.2, 0) is 7.05 Å². The molecule has 0 bridgehead atoms. The van der Waals surface area contributed by atoms with Crippen molar-refractivity contribution in [3.63, 3.8) is 0 Å². The van der Waals surface area contributed by atoms with Crippen LogP contribution in [0.5, 0.6) is 11.8 Å². The molecule has 0 aliphatic rings. The maximum atomic E-state index is 11.4. The van der Waals surface area contributed by atoms with Gasteiger partial charge in [-0.15, -0.1) is 0 Å². The Balaban J connectivity index is 1.53. The van der Waals surface area contributed by atoms with E-state index in [0.29, 0.717) is 21.9 Å². The monoisotopic (exact) mass is 445 g/mol. The van der Waals surface area contributed by atoms with Gasteiger partial charge in [-0.05, 0) is 66.9 Å². The number of aromatic amines is 1. The fraction of sp³-hybridized carbons (Fsp3) is 0.120. The number of benzene rings is 3. The highest BCUT2D eigenvalue weighted by atomic mass is 35.5. The quantitative estimate of drug-likeness (QED) is 0.331. The fourth-order valence-corrected chi connectivity index (χ4v) is 4.31. The number of hydrogen-bond donors (Lipinski definition) is 2. The zero-order valence-electron chi connectivity index (χ0n) is 17.7. The van der Waals surface area contributed by atoms with Crippen LogP contribution in [-0.4, -0.2) is 25.6 Å². The highest BCUT2D eigenvalue weighted by Crippen LogP contribution is 2.35. The molecular formula is C25H20ClN3O3. The van der Waals surface area contributed by atoms with Gasteiger partial charge in [-0.25, -0.2) is 4.79 Å². The third-order valence-electron chi connectivity index (χ3n) is 5.70. The Morgan fingerprint density at radius 3 is 2.69 bits per heavy atom. The first kappa shape index (κ1) is 20.2. The van der Waals surface area contributed by atoms with Crippen molar-refractivity contribution < 1.29 is 14.6 Å². The van der Waals surface area contributed by atoms with Crippen LogP contribution >= 0.6 is 11.6 Å². The Labute approximate surface area is 189 Å². The van der Waals surface area contributed by atoms with Crippen molar-refractivity contribution in [1.29, 1.82) is 0 Å². The normalized spacial score (nSPS) is 11.4. The molecule has 0 saturated heterocycles. The van der Waals surface area contributed by atoms with Gasteiger partial charge in [0.05, 0.1) is 21.6 Å². The van der Waals surface area contributed by atoms with Gasteiger partial charge in [-0.3, -0.25) is 0 Å². The standard InChI is InChI=1S/C25H20ClN3O3/c1-13-4-6-16(9-18(13)24(30)31)32-25-27-21-10-19(20(26)11-22(21)28-25)15-5-7-23-17(8-15)14(2)12-29(23)3/h4-12H,1-3H3,(H,27,28)(H,30,31). The predicted molar refractivity (Wildman–Crippen MR) is 126 cm³/mol. The first-order chi connectivity index (χ1) is 15.3. The topological polar surface area (TPSA) is 80.1 Å². The van der Waals surface area contributed by atoms with Gasteiger partial charge < -0.3 is 19.4 Å². The van der Waals surface area contributed by atoms with Gasteiger partial charge in [0.1, 0.15) is 5.75 Å². The molecule has 2 heterocycles. The van der Waals surface area contributed by atoms with E-state index in [1.54, 1.807) is 19.1 Å². The summed E-state index contributed by atoms with van der Waals surface area (Å²) in [6.45, 7) is 3.83. The number of ether oxygens (including phenoxy) is 1. The molecule has 2 aromatic heterocycles. The van der Waals surface area contributed by atoms with Crippen LogP contribution in [0.3, 0.4) is 0 Å². The molecule has 5 rings (SSSR count). The number of nitrogens with one attached hydrogen (secondary N) is 1. The second-order valence-corrected chi connectivity index (χ2v) is 8.34. The molecule has 3 aromatic carbocycles. The summed E-state index contributed by atoms with van der Waals surface area (Å²) < 4.78 is 7.90. The molecule has 160 valence electrons. The number of fused-ring (bicyclic) bond motifs is 2. The van der Waals surface area contributed by atoms with E-state index in [0.717, 1.165) is 22.2 Å². The first-order valence-electron chi connectivity index (χ1n) is 10.1. The number of aryl methyl sites for hydroxylation is 3. The van der Waals surface area contributed by atoms with E-state index in [1.807, 2.05) is 19.2 Å². The summed E-state index contributed by atoms with van der Waals surface area (Å²) in [5.41, 5.74) is 6.55. The van der Waals surface area contributed by atoms with E-state index >= 15 is 0 Å². The second-order valence-electron chi connectivity index (χ2n) is 7.93. The van der Waals surface area contributed by atoms with Crippen molar-refractivity contribution in [1.82, 2.24) is 14.5 Å². The molecule has 2 N–H and O–H groups in total. The van der Waals surface area contributed by atoms with Crippen LogP contribution in [0.1, 0.15) is 21.5 Å². The van der Waals surface area contributed by atoms with Crippen LogP contribution in [0, 0.1) is 13.8 Å². The number of carboxylic acid groups (broad SMARTS) is 1. The fourth-order valence-electron chi connectivity index (χ4n) is 4.04. The minimum absolute atomic E-state index is 0.190. The van der Waals surface area contributed by atoms with E-state index in [-0.39, 0.29) is 11.6 Å². The maximum absolute atomic E-state index is 11.4. The van der Waals surface area contributed by atoms with Gasteiger partial charge in [0.25, 0.3) is 6.01 Å². The SMILES string of the molecule is Cc1ccc(Oc2nc3cc(-c4ccc5c(c4)c(C)cn5C)c(Cl)cc3[nH]2)cc1C(=O)O. The minimum atomic E-state index is -1.00. The minimum Gasteiger partial charge on any atom is -0.478 e. The summed E-state index contributed by atoms with van der Waals surface area (Å²) in [6.07, 6.45) is 2.11. The largest absolute Gasteiger partial charge is 0.478 e. The molecule has 0 amide bonds. The van der Waals surface area contributed by atoms with Crippen molar-refractivity contribution in [2.45, 2.75) is 13.8 Å². The number of aromatic carboxylic acids is 1. The highest BCUT2D eigenvalue weighted by Gasteiger charge is 2.14. The van der Waals surface area contributed by atoms with Gasteiger partial charge in [0.2, 0.25) is 0 Å². The Bertz CT molecular complexity index is 1530. The molecule has 0 saturated carbocycles. The molecule has 6 nitrogen and oxygen atoms in total. The van der Waals surface area contributed by atoms with E-state index in [1.165, 1.54) is 17.0 Å². The molecule has 0 unspecified atom stereocenters. The highest BCUT2D eigenvalue weighted by molar-refractivity contribution is 6.34. The first-order valence-corrected chi connectivity index (χ1v) is 10.4. The van der Waals surface area contributed by atoms with Crippen LogP contribution < -0.4 is 4.74 Å². The van der Waals surface area contributed by atoms with Gasteiger partial charge in [0, 0.05) is 29.7 Å². The van der Waals surface area contributed by atoms with Gasteiger partial charge >= 0.3 is 5.97 Å². The Kier molecular flexibility index (Phi) is 4.68. The summed E-state index contributed by atoms with van der Waals surface area (Å²) in [5, 5.41) is 11.1. The van der Waals surface area contributed by atoms with Crippen molar-refractivity contribution >= 4 is 39.5 Å². The number of nitrogens with zero attached hydrogens (tertiary/aromatic N) is 2. The molecule has 5 aromatic rings. The molecule has 0 atom stereocenters.